The number of halogens is 6. The van der Waals surface area contributed by atoms with Crippen LogP contribution in [0.15, 0.2) is 0 Å². The van der Waals surface area contributed by atoms with Crippen molar-refractivity contribution in [2.24, 2.45) is 17.8 Å². The van der Waals surface area contributed by atoms with Gasteiger partial charge in [-0.25, -0.2) is 4.79 Å². The molecule has 5 atom stereocenters. The molecule has 2 bridgehead atoms. The van der Waals surface area contributed by atoms with Crippen molar-refractivity contribution in [2.75, 3.05) is 13.2 Å². The first-order valence-electron chi connectivity index (χ1n) is 7.96. The van der Waals surface area contributed by atoms with Crippen molar-refractivity contribution in [1.29, 1.82) is 0 Å². The zero-order chi connectivity index (χ0) is 19.5. The Hall–Kier alpha value is -1.52. The molecule has 0 spiro atoms. The van der Waals surface area contributed by atoms with Crippen molar-refractivity contribution in [3.05, 3.63) is 0 Å². The summed E-state index contributed by atoms with van der Waals surface area (Å²) in [7, 11) is 0. The van der Waals surface area contributed by atoms with E-state index in [9.17, 15) is 35.9 Å². The van der Waals surface area contributed by atoms with Gasteiger partial charge in [-0.2, -0.15) is 26.3 Å². The molecule has 3 aliphatic rings. The van der Waals surface area contributed by atoms with Crippen molar-refractivity contribution in [1.82, 2.24) is 0 Å². The molecular formula is C15H16F6O5. The maximum atomic E-state index is 13.8. The molecule has 0 aromatic heterocycles. The molecular weight excluding hydrogens is 374 g/mol. The van der Waals surface area contributed by atoms with Crippen LogP contribution < -0.4 is 0 Å². The van der Waals surface area contributed by atoms with Crippen LogP contribution in [0.2, 0.25) is 0 Å². The Morgan fingerprint density at radius 2 is 1.73 bits per heavy atom. The van der Waals surface area contributed by atoms with E-state index in [-0.39, 0.29) is 24.7 Å². The van der Waals surface area contributed by atoms with Crippen LogP contribution in [0.25, 0.3) is 0 Å². The van der Waals surface area contributed by atoms with Crippen molar-refractivity contribution < 1.29 is 50.1 Å². The van der Waals surface area contributed by atoms with E-state index >= 15 is 0 Å². The summed E-state index contributed by atoms with van der Waals surface area (Å²) in [6.45, 7) is -3.82. The number of rotatable bonds is 7. The molecule has 0 radical (unpaired) electrons. The van der Waals surface area contributed by atoms with Gasteiger partial charge < -0.3 is 14.2 Å². The SMILES string of the molecule is CC(F)(F)C(=O)OCC(F)(F)C(F)(F)COC1C2CC3C(=O)OC1C3C2. The van der Waals surface area contributed by atoms with Gasteiger partial charge in [0.1, 0.15) is 12.7 Å². The molecule has 1 saturated heterocycles. The molecule has 1 heterocycles. The molecule has 1 aliphatic heterocycles. The molecule has 3 fully saturated rings. The Morgan fingerprint density at radius 1 is 1.12 bits per heavy atom. The molecule has 0 aromatic rings. The lowest BCUT2D eigenvalue weighted by Crippen LogP contribution is -2.50. The first-order valence-corrected chi connectivity index (χ1v) is 7.96. The van der Waals surface area contributed by atoms with Gasteiger partial charge in [0.05, 0.1) is 12.0 Å². The summed E-state index contributed by atoms with van der Waals surface area (Å²) in [5.74, 6) is -17.2. The topological polar surface area (TPSA) is 61.8 Å². The van der Waals surface area contributed by atoms with Crippen molar-refractivity contribution in [3.8, 4) is 0 Å². The molecule has 0 N–H and O–H groups in total. The monoisotopic (exact) mass is 390 g/mol. The molecule has 2 aliphatic carbocycles. The smallest absolute Gasteiger partial charge is 0.376 e. The van der Waals surface area contributed by atoms with Gasteiger partial charge in [-0.15, -0.1) is 0 Å². The fourth-order valence-corrected chi connectivity index (χ4v) is 3.83. The predicted octanol–water partition coefficient (Wildman–Crippen LogP) is 2.42. The molecule has 5 nitrogen and oxygen atoms in total. The molecule has 26 heavy (non-hydrogen) atoms. The largest absolute Gasteiger partial charge is 0.459 e. The zero-order valence-electron chi connectivity index (χ0n) is 13.5. The number of alkyl halides is 6. The lowest BCUT2D eigenvalue weighted by atomic mass is 9.88. The van der Waals surface area contributed by atoms with Crippen LogP contribution in [0.1, 0.15) is 19.8 Å². The average Bonchev–Trinajstić information content (AvgIpc) is 3.12. The third-order valence-electron chi connectivity index (χ3n) is 5.15. The van der Waals surface area contributed by atoms with E-state index in [2.05, 4.69) is 4.74 Å². The molecule has 5 unspecified atom stereocenters. The Kier molecular flexibility index (Phi) is 4.44. The van der Waals surface area contributed by atoms with Crippen LogP contribution in [0, 0.1) is 17.8 Å². The first-order chi connectivity index (χ1) is 11.8. The van der Waals surface area contributed by atoms with Crippen LogP contribution in [-0.4, -0.2) is 55.1 Å². The third-order valence-corrected chi connectivity index (χ3v) is 5.15. The van der Waals surface area contributed by atoms with Gasteiger partial charge in [-0.1, -0.05) is 0 Å². The van der Waals surface area contributed by atoms with Crippen LogP contribution in [0.3, 0.4) is 0 Å². The third kappa shape index (κ3) is 3.14. The van der Waals surface area contributed by atoms with Crippen LogP contribution >= 0.6 is 0 Å². The standard InChI is InChI=1S/C15H16F6O5/c1-13(16,17)12(23)25-5-15(20,21)14(18,19)4-24-9-6-2-7-8(3-6)11(22)26-10(7)9/h6-10H,2-5H2,1H3. The van der Waals surface area contributed by atoms with E-state index in [1.807, 2.05) is 0 Å². The van der Waals surface area contributed by atoms with Gasteiger partial charge in [-0.3, -0.25) is 4.79 Å². The Morgan fingerprint density at radius 3 is 2.35 bits per heavy atom. The van der Waals surface area contributed by atoms with E-state index in [1.165, 1.54) is 0 Å². The lowest BCUT2D eigenvalue weighted by Gasteiger charge is -2.30. The first kappa shape index (κ1) is 19.2. The lowest BCUT2D eigenvalue weighted by molar-refractivity contribution is -0.261. The summed E-state index contributed by atoms with van der Waals surface area (Å²) in [5.41, 5.74) is 0. The number of fused-ring (bicyclic) bond motifs is 1. The minimum Gasteiger partial charge on any atom is -0.459 e. The van der Waals surface area contributed by atoms with Gasteiger partial charge in [0.25, 0.3) is 0 Å². The highest BCUT2D eigenvalue weighted by molar-refractivity contribution is 5.77. The Bertz CT molecular complexity index is 604. The van der Waals surface area contributed by atoms with Crippen LogP contribution in [0.5, 0.6) is 0 Å². The van der Waals surface area contributed by atoms with Crippen LogP contribution in [0.4, 0.5) is 26.3 Å². The number of ether oxygens (including phenoxy) is 3. The second-order valence-electron chi connectivity index (χ2n) is 7.05. The summed E-state index contributed by atoms with van der Waals surface area (Å²) in [6, 6.07) is 0. The van der Waals surface area contributed by atoms with Gasteiger partial charge in [0.2, 0.25) is 0 Å². The van der Waals surface area contributed by atoms with Crippen molar-refractivity contribution >= 4 is 11.9 Å². The molecule has 148 valence electrons. The number of esters is 2. The number of hydrogen-bond donors (Lipinski definition) is 0. The van der Waals surface area contributed by atoms with Gasteiger partial charge >= 0.3 is 29.7 Å². The molecule has 2 saturated carbocycles. The number of carbonyl (C=O) groups excluding carboxylic acids is 2. The van der Waals surface area contributed by atoms with E-state index in [0.717, 1.165) is 0 Å². The highest BCUT2D eigenvalue weighted by Gasteiger charge is 2.64. The van der Waals surface area contributed by atoms with Gasteiger partial charge in [0, 0.05) is 12.8 Å². The number of hydrogen-bond acceptors (Lipinski definition) is 5. The molecule has 0 aromatic carbocycles. The van der Waals surface area contributed by atoms with Crippen LogP contribution in [-0.2, 0) is 23.8 Å². The summed E-state index contributed by atoms with van der Waals surface area (Å²) >= 11 is 0. The number of carbonyl (C=O) groups is 2. The van der Waals surface area contributed by atoms with Crippen molar-refractivity contribution in [2.45, 2.75) is 49.7 Å². The zero-order valence-corrected chi connectivity index (χ0v) is 13.5. The summed E-state index contributed by atoms with van der Waals surface area (Å²) in [6.07, 6.45) is -0.702. The highest BCUT2D eigenvalue weighted by atomic mass is 19.3. The minimum atomic E-state index is -4.90. The van der Waals surface area contributed by atoms with E-state index < -0.39 is 55.1 Å². The Labute approximate surface area is 143 Å². The van der Waals surface area contributed by atoms with E-state index in [1.54, 1.807) is 0 Å². The van der Waals surface area contributed by atoms with E-state index in [0.29, 0.717) is 12.8 Å². The predicted molar refractivity (Wildman–Crippen MR) is 70.8 cm³/mol. The van der Waals surface area contributed by atoms with Crippen molar-refractivity contribution in [3.63, 3.8) is 0 Å². The average molecular weight is 390 g/mol. The molecule has 11 heteroatoms. The second-order valence-corrected chi connectivity index (χ2v) is 7.05. The fourth-order valence-electron chi connectivity index (χ4n) is 3.83. The van der Waals surface area contributed by atoms with Gasteiger partial charge in [-0.05, 0) is 18.8 Å². The fraction of sp³-hybridized carbons (Fsp3) is 0.867. The summed E-state index contributed by atoms with van der Waals surface area (Å²) in [4.78, 5) is 22.4. The normalized spacial score (nSPS) is 33.5. The molecule has 0 amide bonds. The van der Waals surface area contributed by atoms with Gasteiger partial charge in [0.15, 0.2) is 6.61 Å². The minimum absolute atomic E-state index is 0.0972. The maximum absolute atomic E-state index is 13.8. The quantitative estimate of drug-likeness (QED) is 0.494. The Balaban J connectivity index is 1.56. The second kappa shape index (κ2) is 6.00. The van der Waals surface area contributed by atoms with E-state index in [4.69, 9.17) is 9.47 Å². The summed E-state index contributed by atoms with van der Waals surface area (Å²) in [5, 5.41) is 0. The maximum Gasteiger partial charge on any atom is 0.376 e. The highest BCUT2D eigenvalue weighted by Crippen LogP contribution is 2.55. The molecule has 3 rings (SSSR count). The summed E-state index contributed by atoms with van der Waals surface area (Å²) < 4.78 is 93.6.